The molecular formula is C24H27N5O3. The molecule has 2 aromatic heterocycles. The van der Waals surface area contributed by atoms with Crippen molar-refractivity contribution in [2.75, 3.05) is 32.6 Å². The summed E-state index contributed by atoms with van der Waals surface area (Å²) in [6.45, 7) is 3.23. The van der Waals surface area contributed by atoms with Crippen molar-refractivity contribution >= 4 is 17.5 Å². The molecule has 1 aliphatic rings. The summed E-state index contributed by atoms with van der Waals surface area (Å²) in [4.78, 5) is 28.5. The molecule has 1 aromatic carbocycles. The molecule has 8 nitrogen and oxygen atoms in total. The molecule has 0 aliphatic carbocycles. The molecule has 1 amide bonds. The van der Waals surface area contributed by atoms with Gasteiger partial charge in [-0.05, 0) is 50.1 Å². The number of carbonyl (C=O) groups excluding carboxylic acids is 1. The van der Waals surface area contributed by atoms with E-state index in [1.807, 2.05) is 30.0 Å². The topological polar surface area (TPSA) is 89.5 Å². The summed E-state index contributed by atoms with van der Waals surface area (Å²) < 4.78 is 10.9. The van der Waals surface area contributed by atoms with E-state index in [1.54, 1.807) is 44.8 Å². The number of carbonyl (C=O) groups is 1. The zero-order chi connectivity index (χ0) is 22.5. The van der Waals surface area contributed by atoms with Gasteiger partial charge in [-0.3, -0.25) is 9.78 Å². The number of pyridine rings is 1. The standard InChI is InChI=1S/C24H27N5O3/c1-16-13-18(28-24-25-10-6-11-26-24)14-19(27-16)17-7-5-12-29(15-17)23(30)22-20(31-2)8-4-9-21(22)32-3/h4,6,8-11,13-14,17H,5,7,12,15H2,1-3H3,(H,25,26,27,28)/t17-/m0/s1. The Bertz CT molecular complexity index is 1070. The van der Waals surface area contributed by atoms with Crippen molar-refractivity contribution in [2.24, 2.45) is 0 Å². The van der Waals surface area contributed by atoms with E-state index in [1.165, 1.54) is 0 Å². The van der Waals surface area contributed by atoms with Crippen LogP contribution >= 0.6 is 0 Å². The zero-order valence-electron chi connectivity index (χ0n) is 18.5. The average molecular weight is 434 g/mol. The number of anilines is 2. The van der Waals surface area contributed by atoms with Crippen molar-refractivity contribution < 1.29 is 14.3 Å². The summed E-state index contributed by atoms with van der Waals surface area (Å²) >= 11 is 0. The minimum atomic E-state index is -0.0901. The van der Waals surface area contributed by atoms with Gasteiger partial charge in [0.25, 0.3) is 5.91 Å². The average Bonchev–Trinajstić information content (AvgIpc) is 2.83. The summed E-state index contributed by atoms with van der Waals surface area (Å²) in [7, 11) is 3.12. The van der Waals surface area contributed by atoms with Gasteiger partial charge in [-0.1, -0.05) is 6.07 Å². The minimum absolute atomic E-state index is 0.0901. The van der Waals surface area contributed by atoms with Gasteiger partial charge in [0.15, 0.2) is 0 Å². The number of benzene rings is 1. The molecule has 0 bridgehead atoms. The van der Waals surface area contributed by atoms with E-state index < -0.39 is 0 Å². The van der Waals surface area contributed by atoms with E-state index in [4.69, 9.17) is 14.5 Å². The SMILES string of the molecule is COc1cccc(OC)c1C(=O)N1CCC[C@H](c2cc(Nc3ncccn3)cc(C)n2)C1. The van der Waals surface area contributed by atoms with E-state index in [0.717, 1.165) is 29.9 Å². The second-order valence-electron chi connectivity index (χ2n) is 7.75. The molecule has 1 saturated heterocycles. The van der Waals surface area contributed by atoms with Crippen molar-refractivity contribution in [2.45, 2.75) is 25.7 Å². The predicted octanol–water partition coefficient (Wildman–Crippen LogP) is 3.96. The quantitative estimate of drug-likeness (QED) is 0.629. The number of methoxy groups -OCH3 is 2. The maximum atomic E-state index is 13.4. The molecule has 4 rings (SSSR count). The Balaban J connectivity index is 1.57. The highest BCUT2D eigenvalue weighted by molar-refractivity contribution is 5.99. The molecule has 3 aromatic rings. The molecule has 8 heteroatoms. The van der Waals surface area contributed by atoms with Crippen LogP contribution in [0.2, 0.25) is 0 Å². The molecule has 1 atom stereocenters. The van der Waals surface area contributed by atoms with Crippen LogP contribution in [0.1, 0.15) is 40.5 Å². The number of rotatable bonds is 6. The lowest BCUT2D eigenvalue weighted by atomic mass is 9.93. The van der Waals surface area contributed by atoms with Gasteiger partial charge in [0.05, 0.1) is 14.2 Å². The van der Waals surface area contributed by atoms with E-state index >= 15 is 0 Å². The van der Waals surface area contributed by atoms with Crippen LogP contribution in [0.25, 0.3) is 0 Å². The van der Waals surface area contributed by atoms with Crippen LogP contribution in [-0.4, -0.2) is 53.1 Å². The number of nitrogens with one attached hydrogen (secondary N) is 1. The van der Waals surface area contributed by atoms with Crippen LogP contribution in [0.15, 0.2) is 48.8 Å². The molecule has 1 N–H and O–H groups in total. The predicted molar refractivity (Wildman–Crippen MR) is 122 cm³/mol. The van der Waals surface area contributed by atoms with E-state index in [9.17, 15) is 4.79 Å². The highest BCUT2D eigenvalue weighted by atomic mass is 16.5. The fraction of sp³-hybridized carbons (Fsp3) is 0.333. The molecule has 166 valence electrons. The maximum absolute atomic E-state index is 13.4. The highest BCUT2D eigenvalue weighted by Gasteiger charge is 2.30. The third kappa shape index (κ3) is 4.64. The Labute approximate surface area is 187 Å². The Morgan fingerprint density at radius 3 is 2.50 bits per heavy atom. The van der Waals surface area contributed by atoms with Crippen LogP contribution in [0.3, 0.4) is 0 Å². The third-order valence-corrected chi connectivity index (χ3v) is 5.56. The first-order valence-electron chi connectivity index (χ1n) is 10.6. The van der Waals surface area contributed by atoms with Crippen molar-refractivity contribution in [3.63, 3.8) is 0 Å². The zero-order valence-corrected chi connectivity index (χ0v) is 18.5. The maximum Gasteiger partial charge on any atom is 0.261 e. The number of hydrogen-bond donors (Lipinski definition) is 1. The van der Waals surface area contributed by atoms with Gasteiger partial charge in [0, 0.05) is 48.5 Å². The molecule has 3 heterocycles. The largest absolute Gasteiger partial charge is 0.496 e. The van der Waals surface area contributed by atoms with Gasteiger partial charge in [-0.25, -0.2) is 9.97 Å². The van der Waals surface area contributed by atoms with Crippen LogP contribution in [-0.2, 0) is 0 Å². The number of piperidine rings is 1. The number of aromatic nitrogens is 3. The normalized spacial score (nSPS) is 15.8. The number of aryl methyl sites for hydroxylation is 1. The second-order valence-corrected chi connectivity index (χ2v) is 7.75. The Kier molecular flexibility index (Phi) is 6.49. The Morgan fingerprint density at radius 1 is 1.09 bits per heavy atom. The second kappa shape index (κ2) is 9.64. The number of likely N-dealkylation sites (tertiary alicyclic amines) is 1. The lowest BCUT2D eigenvalue weighted by Crippen LogP contribution is -2.39. The highest BCUT2D eigenvalue weighted by Crippen LogP contribution is 2.33. The first kappa shape index (κ1) is 21.5. The lowest BCUT2D eigenvalue weighted by molar-refractivity contribution is 0.0699. The summed E-state index contributed by atoms with van der Waals surface area (Å²) in [5.41, 5.74) is 3.19. The Hall–Kier alpha value is -3.68. The van der Waals surface area contributed by atoms with Crippen molar-refractivity contribution in [1.82, 2.24) is 19.9 Å². The van der Waals surface area contributed by atoms with Crippen LogP contribution in [0.5, 0.6) is 11.5 Å². The molecule has 0 radical (unpaired) electrons. The summed E-state index contributed by atoms with van der Waals surface area (Å²) in [5, 5.41) is 3.24. The smallest absolute Gasteiger partial charge is 0.261 e. The number of amides is 1. The molecule has 1 fully saturated rings. The van der Waals surface area contributed by atoms with Crippen molar-refractivity contribution in [3.8, 4) is 11.5 Å². The monoisotopic (exact) mass is 433 g/mol. The van der Waals surface area contributed by atoms with Gasteiger partial charge in [-0.2, -0.15) is 0 Å². The fourth-order valence-corrected chi connectivity index (χ4v) is 4.09. The number of nitrogens with zero attached hydrogens (tertiary/aromatic N) is 4. The van der Waals surface area contributed by atoms with Gasteiger partial charge in [-0.15, -0.1) is 0 Å². The lowest BCUT2D eigenvalue weighted by Gasteiger charge is -2.33. The van der Waals surface area contributed by atoms with Crippen molar-refractivity contribution in [3.05, 3.63) is 65.7 Å². The van der Waals surface area contributed by atoms with Crippen LogP contribution in [0, 0.1) is 6.92 Å². The van der Waals surface area contributed by atoms with E-state index in [-0.39, 0.29) is 11.8 Å². The fourth-order valence-electron chi connectivity index (χ4n) is 4.09. The van der Waals surface area contributed by atoms with Crippen molar-refractivity contribution in [1.29, 1.82) is 0 Å². The molecule has 0 unspecified atom stereocenters. The molecule has 0 saturated carbocycles. The molecule has 1 aliphatic heterocycles. The summed E-state index contributed by atoms with van der Waals surface area (Å²) in [5.74, 6) is 1.60. The first-order valence-corrected chi connectivity index (χ1v) is 10.6. The first-order chi connectivity index (χ1) is 15.6. The molecule has 32 heavy (non-hydrogen) atoms. The van der Waals surface area contributed by atoms with Gasteiger partial charge >= 0.3 is 0 Å². The number of ether oxygens (including phenoxy) is 2. The summed E-state index contributed by atoms with van der Waals surface area (Å²) in [6.07, 6.45) is 5.25. The van der Waals surface area contributed by atoms with Gasteiger partial charge in [0.1, 0.15) is 17.1 Å². The van der Waals surface area contributed by atoms with Crippen LogP contribution in [0.4, 0.5) is 11.6 Å². The summed E-state index contributed by atoms with van der Waals surface area (Å²) in [6, 6.07) is 11.1. The van der Waals surface area contributed by atoms with Crippen LogP contribution < -0.4 is 14.8 Å². The van der Waals surface area contributed by atoms with Gasteiger partial charge in [0.2, 0.25) is 5.95 Å². The molecular weight excluding hydrogens is 406 g/mol. The number of hydrogen-bond acceptors (Lipinski definition) is 7. The van der Waals surface area contributed by atoms with E-state index in [2.05, 4.69) is 15.3 Å². The molecule has 0 spiro atoms. The minimum Gasteiger partial charge on any atom is -0.496 e. The van der Waals surface area contributed by atoms with Gasteiger partial charge < -0.3 is 19.7 Å². The van der Waals surface area contributed by atoms with E-state index in [0.29, 0.717) is 36.1 Å². The third-order valence-electron chi connectivity index (χ3n) is 5.56. The Morgan fingerprint density at radius 2 is 1.81 bits per heavy atom.